The van der Waals surface area contributed by atoms with E-state index >= 15 is 0 Å². The Balaban J connectivity index is 2.46. The van der Waals surface area contributed by atoms with Crippen molar-refractivity contribution in [3.05, 3.63) is 35.4 Å². The minimum absolute atomic E-state index is 0.0334. The van der Waals surface area contributed by atoms with Crippen LogP contribution in [0, 0.1) is 16.7 Å². The third kappa shape index (κ3) is 4.49. The SMILES string of the molecule is CC(C)(C#N)CNCc1ccc(C(F)F)cc1. The van der Waals surface area contributed by atoms with Crippen LogP contribution in [-0.2, 0) is 6.54 Å². The number of nitrogens with zero attached hydrogens (tertiary/aromatic N) is 1. The third-order valence-corrected chi connectivity index (χ3v) is 2.43. The van der Waals surface area contributed by atoms with E-state index in [2.05, 4.69) is 11.4 Å². The van der Waals surface area contributed by atoms with Gasteiger partial charge in [-0.05, 0) is 19.4 Å². The number of nitriles is 1. The van der Waals surface area contributed by atoms with Gasteiger partial charge in [0.2, 0.25) is 0 Å². The van der Waals surface area contributed by atoms with E-state index in [0.29, 0.717) is 13.1 Å². The molecule has 17 heavy (non-hydrogen) atoms. The van der Waals surface area contributed by atoms with E-state index in [9.17, 15) is 8.78 Å². The van der Waals surface area contributed by atoms with Crippen molar-refractivity contribution in [2.75, 3.05) is 6.54 Å². The summed E-state index contributed by atoms with van der Waals surface area (Å²) < 4.78 is 24.6. The van der Waals surface area contributed by atoms with Gasteiger partial charge in [0.15, 0.2) is 0 Å². The van der Waals surface area contributed by atoms with Crippen LogP contribution in [0.1, 0.15) is 31.4 Å². The van der Waals surface area contributed by atoms with Gasteiger partial charge in [0.05, 0.1) is 11.5 Å². The number of benzene rings is 1. The molecule has 1 N–H and O–H groups in total. The predicted molar refractivity (Wildman–Crippen MR) is 62.5 cm³/mol. The van der Waals surface area contributed by atoms with Gasteiger partial charge in [-0.15, -0.1) is 0 Å². The molecule has 0 aromatic heterocycles. The Hall–Kier alpha value is -1.47. The van der Waals surface area contributed by atoms with Crippen LogP contribution in [0.5, 0.6) is 0 Å². The standard InChI is InChI=1S/C13H16F2N2/c1-13(2,8-16)9-17-7-10-3-5-11(6-4-10)12(14)15/h3-6,12,17H,7,9H2,1-2H3. The molecule has 0 fully saturated rings. The van der Waals surface area contributed by atoms with E-state index in [1.807, 2.05) is 13.8 Å². The lowest BCUT2D eigenvalue weighted by Crippen LogP contribution is -2.27. The average Bonchev–Trinajstić information content (AvgIpc) is 2.29. The minimum atomic E-state index is -2.42. The lowest BCUT2D eigenvalue weighted by molar-refractivity contribution is 0.151. The summed E-state index contributed by atoms with van der Waals surface area (Å²) in [6, 6.07) is 8.39. The molecule has 0 aliphatic heterocycles. The molecule has 0 amide bonds. The minimum Gasteiger partial charge on any atom is -0.311 e. The Labute approximate surface area is 100 Å². The molecular formula is C13H16F2N2. The van der Waals surface area contributed by atoms with Crippen LogP contribution in [0.25, 0.3) is 0 Å². The quantitative estimate of drug-likeness (QED) is 0.854. The van der Waals surface area contributed by atoms with Crippen LogP contribution in [0.15, 0.2) is 24.3 Å². The number of nitrogens with one attached hydrogen (secondary N) is 1. The maximum Gasteiger partial charge on any atom is 0.263 e. The van der Waals surface area contributed by atoms with Crippen LogP contribution in [0.3, 0.4) is 0 Å². The fourth-order valence-corrected chi connectivity index (χ4v) is 1.34. The van der Waals surface area contributed by atoms with Crippen molar-refractivity contribution in [1.29, 1.82) is 5.26 Å². The number of hydrogen-bond donors (Lipinski definition) is 1. The molecule has 0 radical (unpaired) electrons. The molecule has 0 aliphatic rings. The first-order chi connectivity index (χ1) is 7.94. The Morgan fingerprint density at radius 1 is 1.29 bits per heavy atom. The second-order valence-corrected chi connectivity index (χ2v) is 4.64. The van der Waals surface area contributed by atoms with E-state index in [4.69, 9.17) is 5.26 Å². The molecule has 0 aliphatic carbocycles. The third-order valence-electron chi connectivity index (χ3n) is 2.43. The Morgan fingerprint density at radius 3 is 2.35 bits per heavy atom. The summed E-state index contributed by atoms with van der Waals surface area (Å²) in [5.74, 6) is 0. The van der Waals surface area contributed by atoms with Crippen molar-refractivity contribution in [1.82, 2.24) is 5.32 Å². The number of hydrogen-bond acceptors (Lipinski definition) is 2. The van der Waals surface area contributed by atoms with E-state index in [0.717, 1.165) is 5.56 Å². The summed E-state index contributed by atoms with van der Waals surface area (Å²) in [4.78, 5) is 0. The van der Waals surface area contributed by atoms with Crippen molar-refractivity contribution in [2.24, 2.45) is 5.41 Å². The van der Waals surface area contributed by atoms with Crippen molar-refractivity contribution in [2.45, 2.75) is 26.8 Å². The molecule has 0 atom stereocenters. The van der Waals surface area contributed by atoms with Crippen LogP contribution in [-0.4, -0.2) is 6.54 Å². The van der Waals surface area contributed by atoms with E-state index in [-0.39, 0.29) is 5.56 Å². The molecule has 1 aromatic carbocycles. The summed E-state index contributed by atoms with van der Waals surface area (Å²) in [6.45, 7) is 4.84. The van der Waals surface area contributed by atoms with Crippen LogP contribution in [0.4, 0.5) is 8.78 Å². The lowest BCUT2D eigenvalue weighted by Gasteiger charge is -2.15. The van der Waals surface area contributed by atoms with Crippen molar-refractivity contribution >= 4 is 0 Å². The van der Waals surface area contributed by atoms with E-state index in [1.165, 1.54) is 12.1 Å². The van der Waals surface area contributed by atoms with Crippen LogP contribution in [0.2, 0.25) is 0 Å². The number of alkyl halides is 2. The zero-order valence-electron chi connectivity index (χ0n) is 10.0. The molecule has 0 saturated heterocycles. The Kier molecular flexibility index (Phi) is 4.59. The number of rotatable bonds is 5. The van der Waals surface area contributed by atoms with Gasteiger partial charge in [0.25, 0.3) is 6.43 Å². The monoisotopic (exact) mass is 238 g/mol. The molecule has 0 unspecified atom stereocenters. The molecule has 92 valence electrons. The fraction of sp³-hybridized carbons (Fsp3) is 0.462. The molecule has 0 heterocycles. The molecule has 0 spiro atoms. The molecule has 2 nitrogen and oxygen atoms in total. The molecule has 4 heteroatoms. The molecule has 1 rings (SSSR count). The highest BCUT2D eigenvalue weighted by Gasteiger charge is 2.15. The van der Waals surface area contributed by atoms with Gasteiger partial charge in [-0.1, -0.05) is 24.3 Å². The van der Waals surface area contributed by atoms with Gasteiger partial charge in [-0.3, -0.25) is 0 Å². The zero-order valence-corrected chi connectivity index (χ0v) is 10.0. The molecule has 1 aromatic rings. The molecule has 0 bridgehead atoms. The largest absolute Gasteiger partial charge is 0.311 e. The first-order valence-electron chi connectivity index (χ1n) is 5.43. The summed E-state index contributed by atoms with van der Waals surface area (Å²) in [5.41, 5.74) is 0.553. The van der Waals surface area contributed by atoms with Gasteiger partial charge in [-0.25, -0.2) is 8.78 Å². The van der Waals surface area contributed by atoms with Gasteiger partial charge < -0.3 is 5.32 Å². The zero-order chi connectivity index (χ0) is 12.9. The summed E-state index contributed by atoms with van der Waals surface area (Å²) in [7, 11) is 0. The second kappa shape index (κ2) is 5.74. The van der Waals surface area contributed by atoms with E-state index < -0.39 is 11.8 Å². The maximum atomic E-state index is 12.3. The van der Waals surface area contributed by atoms with Crippen molar-refractivity contribution < 1.29 is 8.78 Å². The molecule has 0 saturated carbocycles. The summed E-state index contributed by atoms with van der Waals surface area (Å²) >= 11 is 0. The smallest absolute Gasteiger partial charge is 0.263 e. The Morgan fingerprint density at radius 2 is 1.88 bits per heavy atom. The normalized spacial score (nSPS) is 11.5. The van der Waals surface area contributed by atoms with Crippen molar-refractivity contribution in [3.8, 4) is 6.07 Å². The summed E-state index contributed by atoms with van der Waals surface area (Å²) in [6.07, 6.45) is -2.42. The first kappa shape index (κ1) is 13.6. The van der Waals surface area contributed by atoms with Crippen LogP contribution >= 0.6 is 0 Å². The predicted octanol–water partition coefficient (Wildman–Crippen LogP) is 3.26. The maximum absolute atomic E-state index is 12.3. The first-order valence-corrected chi connectivity index (χ1v) is 5.43. The van der Waals surface area contributed by atoms with E-state index in [1.54, 1.807) is 12.1 Å². The summed E-state index contributed by atoms with van der Waals surface area (Å²) in [5, 5.41) is 11.9. The average molecular weight is 238 g/mol. The fourth-order valence-electron chi connectivity index (χ4n) is 1.34. The van der Waals surface area contributed by atoms with Gasteiger partial charge in [-0.2, -0.15) is 5.26 Å². The topological polar surface area (TPSA) is 35.8 Å². The molecular weight excluding hydrogens is 222 g/mol. The Bertz CT molecular complexity index is 391. The highest BCUT2D eigenvalue weighted by atomic mass is 19.3. The highest BCUT2D eigenvalue weighted by Crippen LogP contribution is 2.18. The number of halogens is 2. The van der Waals surface area contributed by atoms with Crippen LogP contribution < -0.4 is 5.32 Å². The highest BCUT2D eigenvalue weighted by molar-refractivity contribution is 5.23. The van der Waals surface area contributed by atoms with Gasteiger partial charge >= 0.3 is 0 Å². The lowest BCUT2D eigenvalue weighted by atomic mass is 9.96. The van der Waals surface area contributed by atoms with Gasteiger partial charge in [0, 0.05) is 18.7 Å². The van der Waals surface area contributed by atoms with Crippen molar-refractivity contribution in [3.63, 3.8) is 0 Å². The van der Waals surface area contributed by atoms with Gasteiger partial charge in [0.1, 0.15) is 0 Å². The second-order valence-electron chi connectivity index (χ2n) is 4.64.